The van der Waals surface area contributed by atoms with Crippen LogP contribution in [-0.4, -0.2) is 10.9 Å². The normalized spacial score (nSPS) is 15.0. The van der Waals surface area contributed by atoms with E-state index in [1.165, 1.54) is 6.07 Å². The molecule has 2 nitrogen and oxygen atoms in total. The Morgan fingerprint density at radius 1 is 1.39 bits per heavy atom. The highest BCUT2D eigenvalue weighted by atomic mass is 79.9. The molecule has 0 aliphatic heterocycles. The minimum atomic E-state index is -0.204. The van der Waals surface area contributed by atoms with E-state index in [9.17, 15) is 9.90 Å². The number of hydrogen-bond donors (Lipinski definition) is 1. The minimum absolute atomic E-state index is 0.00977. The van der Waals surface area contributed by atoms with Gasteiger partial charge in [-0.15, -0.1) is 0 Å². The molecule has 0 bridgehead atoms. The lowest BCUT2D eigenvalue weighted by Gasteiger charge is -2.08. The van der Waals surface area contributed by atoms with Gasteiger partial charge in [-0.05, 0) is 46.6 Å². The summed E-state index contributed by atoms with van der Waals surface area (Å²) >= 11 is 12.6. The van der Waals surface area contributed by atoms with Gasteiger partial charge in [0.25, 0.3) is 0 Å². The summed E-state index contributed by atoms with van der Waals surface area (Å²) in [6.45, 7) is 1.71. The van der Waals surface area contributed by atoms with Crippen molar-refractivity contribution in [2.24, 2.45) is 0 Å². The van der Waals surface area contributed by atoms with E-state index >= 15 is 0 Å². The van der Waals surface area contributed by atoms with Crippen molar-refractivity contribution in [2.75, 3.05) is 0 Å². The number of hydrogen-bond acceptors (Lipinski definition) is 2. The summed E-state index contributed by atoms with van der Waals surface area (Å²) in [5.74, 6) is -0.214. The van der Waals surface area contributed by atoms with Crippen LogP contribution in [0, 0.1) is 6.92 Å². The third-order valence-corrected chi connectivity index (χ3v) is 4.87. The largest absolute Gasteiger partial charge is 0.507 e. The van der Waals surface area contributed by atoms with Crippen LogP contribution >= 0.6 is 43.5 Å². The highest BCUT2D eigenvalue weighted by Gasteiger charge is 2.22. The number of ketones is 1. The highest BCUT2D eigenvalue weighted by molar-refractivity contribution is 9.14. The Morgan fingerprint density at radius 3 is 2.61 bits per heavy atom. The van der Waals surface area contributed by atoms with Crippen LogP contribution in [0.5, 0.6) is 5.75 Å². The van der Waals surface area contributed by atoms with E-state index in [4.69, 9.17) is 11.6 Å². The van der Waals surface area contributed by atoms with Crippen LogP contribution in [0.2, 0.25) is 5.02 Å². The first kappa shape index (κ1) is 13.8. The second-order valence-corrected chi connectivity index (χ2v) is 6.30. The van der Waals surface area contributed by atoms with Crippen LogP contribution in [0.15, 0.2) is 32.7 Å². The fourth-order valence-electron chi connectivity index (χ4n) is 1.76. The molecule has 0 fully saturated rings. The molecule has 0 amide bonds. The summed E-state index contributed by atoms with van der Waals surface area (Å²) < 4.78 is 1.77. The van der Waals surface area contributed by atoms with E-state index < -0.39 is 0 Å². The van der Waals surface area contributed by atoms with Crippen molar-refractivity contribution >= 4 is 49.2 Å². The summed E-state index contributed by atoms with van der Waals surface area (Å²) in [5.41, 5.74) is 1.45. The molecular weight excluding hydrogens is 383 g/mol. The number of Topliss-reactive ketones (excluding diaryl/α,β-unsaturated/α-hetero) is 1. The molecule has 1 N–H and O–H groups in total. The van der Waals surface area contributed by atoms with E-state index in [1.807, 2.05) is 0 Å². The van der Waals surface area contributed by atoms with Gasteiger partial charge in [0, 0.05) is 26.0 Å². The fraction of sp³-hybridized carbons (Fsp3) is 0.154. The number of phenolic OH excluding ortho intramolecular Hbond substituents is 1. The lowest BCUT2D eigenvalue weighted by Crippen LogP contribution is -2.03. The van der Waals surface area contributed by atoms with Crippen molar-refractivity contribution in [3.63, 3.8) is 0 Å². The summed E-state index contributed by atoms with van der Waals surface area (Å²) in [5, 5.41) is 10.4. The molecule has 1 aliphatic carbocycles. The molecule has 5 heteroatoms. The van der Waals surface area contributed by atoms with Gasteiger partial charge in [-0.2, -0.15) is 0 Å². The Morgan fingerprint density at radius 2 is 2.06 bits per heavy atom. The summed E-state index contributed by atoms with van der Waals surface area (Å²) in [7, 11) is 0. The topological polar surface area (TPSA) is 37.3 Å². The Kier molecular flexibility index (Phi) is 3.99. The van der Waals surface area contributed by atoms with Gasteiger partial charge in [-0.25, -0.2) is 0 Å². The average Bonchev–Trinajstić information content (AvgIpc) is 2.63. The van der Waals surface area contributed by atoms with Crippen LogP contribution in [0.25, 0.3) is 0 Å². The van der Waals surface area contributed by atoms with Crippen molar-refractivity contribution in [1.82, 2.24) is 0 Å². The monoisotopic (exact) mass is 390 g/mol. The third kappa shape index (κ3) is 2.56. The molecule has 0 saturated carbocycles. The third-order valence-electron chi connectivity index (χ3n) is 2.71. The quantitative estimate of drug-likeness (QED) is 0.729. The lowest BCUT2D eigenvalue weighted by molar-refractivity contribution is 0.103. The molecule has 0 aromatic heterocycles. The molecule has 94 valence electrons. The molecule has 0 unspecified atom stereocenters. The first-order valence-electron chi connectivity index (χ1n) is 5.18. The van der Waals surface area contributed by atoms with Crippen LogP contribution in [0.4, 0.5) is 0 Å². The number of rotatable bonds is 2. The molecule has 0 spiro atoms. The number of allylic oxidation sites excluding steroid dienone is 4. The van der Waals surface area contributed by atoms with Gasteiger partial charge in [0.1, 0.15) is 5.75 Å². The van der Waals surface area contributed by atoms with Gasteiger partial charge in [-0.1, -0.05) is 27.5 Å². The minimum Gasteiger partial charge on any atom is -0.507 e. The Hall–Kier alpha value is -0.580. The zero-order chi connectivity index (χ0) is 13.4. The summed E-state index contributed by atoms with van der Waals surface area (Å²) in [4.78, 5) is 12.3. The van der Waals surface area contributed by atoms with Gasteiger partial charge in [0.15, 0.2) is 5.78 Å². The van der Waals surface area contributed by atoms with Gasteiger partial charge in [-0.3, -0.25) is 4.79 Å². The molecule has 0 radical (unpaired) electrons. The van der Waals surface area contributed by atoms with Gasteiger partial charge in [0.05, 0.1) is 5.56 Å². The zero-order valence-corrected chi connectivity index (χ0v) is 13.4. The van der Waals surface area contributed by atoms with Crippen LogP contribution in [0.1, 0.15) is 22.3 Å². The number of aryl methyl sites for hydroxylation is 1. The maximum Gasteiger partial charge on any atom is 0.193 e. The van der Waals surface area contributed by atoms with Crippen LogP contribution < -0.4 is 0 Å². The van der Waals surface area contributed by atoms with Gasteiger partial charge >= 0.3 is 0 Å². The number of aromatic hydroxyl groups is 1. The van der Waals surface area contributed by atoms with Gasteiger partial charge in [0.2, 0.25) is 0 Å². The molecule has 0 atom stereocenters. The van der Waals surface area contributed by atoms with Crippen LogP contribution in [-0.2, 0) is 0 Å². The predicted molar refractivity (Wildman–Crippen MR) is 79.8 cm³/mol. The van der Waals surface area contributed by atoms with Crippen molar-refractivity contribution < 1.29 is 9.90 Å². The van der Waals surface area contributed by atoms with Crippen LogP contribution in [0.3, 0.4) is 0 Å². The van der Waals surface area contributed by atoms with E-state index in [0.717, 1.165) is 8.96 Å². The maximum absolute atomic E-state index is 12.3. The second-order valence-electron chi connectivity index (χ2n) is 4.05. The summed E-state index contributed by atoms with van der Waals surface area (Å²) in [6, 6.07) is 3.12. The number of carbonyl (C=O) groups is 1. The van der Waals surface area contributed by atoms with E-state index in [0.29, 0.717) is 22.6 Å². The molecular formula is C13H9Br2ClO2. The highest BCUT2D eigenvalue weighted by Crippen LogP contribution is 2.37. The number of benzene rings is 1. The number of halogens is 3. The Balaban J connectivity index is 2.40. The molecule has 18 heavy (non-hydrogen) atoms. The predicted octanol–water partition coefficient (Wildman–Crippen LogP) is 4.87. The second kappa shape index (κ2) is 5.19. The molecule has 2 rings (SSSR count). The molecule has 1 aromatic rings. The Bertz CT molecular complexity index is 603. The molecule has 0 heterocycles. The smallest absolute Gasteiger partial charge is 0.193 e. The number of carbonyl (C=O) groups excluding carboxylic acids is 1. The standard InChI is InChI=1S/C13H9Br2ClO2/c1-6-2-8(16)5-9(12(6)17)13(18)7-3-10(14)11(15)4-7/h2-3,5,17H,4H2,1H3. The summed E-state index contributed by atoms with van der Waals surface area (Å²) in [6.07, 6.45) is 2.27. The Labute approximate surface area is 127 Å². The van der Waals surface area contributed by atoms with Gasteiger partial charge < -0.3 is 5.11 Å². The van der Waals surface area contributed by atoms with E-state index in [1.54, 1.807) is 19.1 Å². The molecule has 1 aromatic carbocycles. The van der Waals surface area contributed by atoms with Crippen molar-refractivity contribution in [3.8, 4) is 5.75 Å². The SMILES string of the molecule is Cc1cc(Cl)cc(C(=O)C2=CC(Br)=C(Br)C2)c1O. The van der Waals surface area contributed by atoms with E-state index in [2.05, 4.69) is 31.9 Å². The first-order chi connectivity index (χ1) is 8.40. The fourth-order valence-corrected chi connectivity index (χ4v) is 2.87. The lowest BCUT2D eigenvalue weighted by atomic mass is 10.00. The van der Waals surface area contributed by atoms with Crippen molar-refractivity contribution in [3.05, 3.63) is 48.9 Å². The zero-order valence-electron chi connectivity index (χ0n) is 9.43. The molecule has 0 saturated heterocycles. The van der Waals surface area contributed by atoms with E-state index in [-0.39, 0.29) is 17.1 Å². The first-order valence-corrected chi connectivity index (χ1v) is 7.15. The maximum atomic E-state index is 12.3. The van der Waals surface area contributed by atoms with Crippen molar-refractivity contribution in [1.29, 1.82) is 0 Å². The number of phenols is 1. The molecule has 1 aliphatic rings. The van der Waals surface area contributed by atoms with Crippen molar-refractivity contribution in [2.45, 2.75) is 13.3 Å². The average molecular weight is 392 g/mol.